The van der Waals surface area contributed by atoms with Crippen molar-refractivity contribution in [3.63, 3.8) is 0 Å². The molecule has 1 rings (SSSR count). The molecule has 60 valence electrons. The lowest BCUT2D eigenvalue weighted by atomic mass is 10.2. The van der Waals surface area contributed by atoms with E-state index in [4.69, 9.17) is 5.11 Å². The molecule has 2 N–H and O–H groups in total. The quantitative estimate of drug-likeness (QED) is 0.579. The molecule has 0 aliphatic rings. The van der Waals surface area contributed by atoms with Crippen molar-refractivity contribution < 1.29 is 10.2 Å². The summed E-state index contributed by atoms with van der Waals surface area (Å²) in [6.07, 6.45) is 0. The topological polar surface area (TPSA) is 47.7 Å². The average Bonchev–Trinajstić information content (AvgIpc) is 2.04. The molecule has 1 aromatic carbocycles. The number of quaternary nitrogens is 1. The van der Waals surface area contributed by atoms with Gasteiger partial charge in [0.2, 0.25) is 0 Å². The van der Waals surface area contributed by atoms with Crippen LogP contribution >= 0.6 is 0 Å². The van der Waals surface area contributed by atoms with Crippen LogP contribution in [0.1, 0.15) is 5.56 Å². The van der Waals surface area contributed by atoms with Crippen molar-refractivity contribution >= 4 is 5.69 Å². The maximum absolute atomic E-state index is 10.9. The van der Waals surface area contributed by atoms with Crippen LogP contribution in [-0.2, 0) is 6.61 Å². The molecule has 11 heavy (non-hydrogen) atoms. The second-order valence-electron chi connectivity index (χ2n) is 2.37. The van der Waals surface area contributed by atoms with Crippen molar-refractivity contribution in [3.05, 3.63) is 35.0 Å². The summed E-state index contributed by atoms with van der Waals surface area (Å²) in [6.45, 7) is -0.0737. The zero-order valence-corrected chi connectivity index (χ0v) is 6.37. The van der Waals surface area contributed by atoms with E-state index < -0.39 is 0 Å². The largest absolute Gasteiger partial charge is 0.629 e. The van der Waals surface area contributed by atoms with Gasteiger partial charge in [0.1, 0.15) is 5.69 Å². The number of benzene rings is 1. The van der Waals surface area contributed by atoms with Gasteiger partial charge in [0.05, 0.1) is 13.7 Å². The minimum absolute atomic E-state index is 0.00495. The minimum Gasteiger partial charge on any atom is -0.629 e. The number of hydrogen-bond acceptors (Lipinski definition) is 2. The van der Waals surface area contributed by atoms with Crippen LogP contribution in [0.25, 0.3) is 0 Å². The average molecular weight is 153 g/mol. The zero-order chi connectivity index (χ0) is 8.27. The predicted molar refractivity (Wildman–Crippen MR) is 42.3 cm³/mol. The highest BCUT2D eigenvalue weighted by molar-refractivity contribution is 5.38. The number of hydroxylamine groups is 1. The van der Waals surface area contributed by atoms with Crippen LogP contribution in [0.2, 0.25) is 0 Å². The molecule has 1 aromatic rings. The van der Waals surface area contributed by atoms with Gasteiger partial charge in [-0.05, 0) is 6.07 Å². The molecule has 0 radical (unpaired) electrons. The fourth-order valence-corrected chi connectivity index (χ4v) is 1.00. The van der Waals surface area contributed by atoms with E-state index in [-0.39, 0.29) is 11.7 Å². The van der Waals surface area contributed by atoms with Gasteiger partial charge >= 0.3 is 0 Å². The van der Waals surface area contributed by atoms with Crippen LogP contribution in [0.3, 0.4) is 0 Å². The van der Waals surface area contributed by atoms with Crippen molar-refractivity contribution in [1.82, 2.24) is 0 Å². The summed E-state index contributed by atoms with van der Waals surface area (Å²) < 4.78 is 0. The molecule has 0 aliphatic heterocycles. The third-order valence-electron chi connectivity index (χ3n) is 1.57. The van der Waals surface area contributed by atoms with Gasteiger partial charge in [-0.15, -0.1) is 0 Å². The summed E-state index contributed by atoms with van der Waals surface area (Å²) in [7, 11) is 1.49. The Morgan fingerprint density at radius 1 is 1.45 bits per heavy atom. The molecule has 3 heteroatoms. The standard InChI is InChI=1S/C8H11NO2/c1-9(11)8-5-3-2-4-7(8)6-10/h2-5,9-10H,6H2,1H3. The molecule has 0 saturated heterocycles. The molecular formula is C8H11NO2. The Morgan fingerprint density at radius 3 is 2.55 bits per heavy atom. The first-order valence-electron chi connectivity index (χ1n) is 3.45. The van der Waals surface area contributed by atoms with Gasteiger partial charge in [-0.2, -0.15) is 0 Å². The maximum Gasteiger partial charge on any atom is 0.136 e. The van der Waals surface area contributed by atoms with Crippen LogP contribution < -0.4 is 5.06 Å². The molecule has 1 atom stereocenters. The van der Waals surface area contributed by atoms with Crippen molar-refractivity contribution in [2.75, 3.05) is 7.05 Å². The monoisotopic (exact) mass is 153 g/mol. The van der Waals surface area contributed by atoms with E-state index in [0.29, 0.717) is 11.3 Å². The van der Waals surface area contributed by atoms with Crippen LogP contribution in [-0.4, -0.2) is 12.2 Å². The molecule has 1 unspecified atom stereocenters. The van der Waals surface area contributed by atoms with E-state index in [1.54, 1.807) is 24.3 Å². The molecular weight excluding hydrogens is 142 g/mol. The number of aliphatic hydroxyl groups is 1. The van der Waals surface area contributed by atoms with E-state index in [1.165, 1.54) is 7.05 Å². The highest BCUT2D eigenvalue weighted by Crippen LogP contribution is 2.08. The number of nitrogens with one attached hydrogen (secondary N) is 1. The molecule has 0 aliphatic carbocycles. The first-order valence-corrected chi connectivity index (χ1v) is 3.45. The van der Waals surface area contributed by atoms with Crippen molar-refractivity contribution in [1.29, 1.82) is 0 Å². The van der Waals surface area contributed by atoms with Gasteiger partial charge in [0.15, 0.2) is 0 Å². The Balaban J connectivity index is 3.02. The van der Waals surface area contributed by atoms with E-state index >= 15 is 0 Å². The van der Waals surface area contributed by atoms with E-state index in [0.717, 1.165) is 0 Å². The van der Waals surface area contributed by atoms with Crippen LogP contribution in [0.5, 0.6) is 0 Å². The summed E-state index contributed by atoms with van der Waals surface area (Å²) in [6, 6.07) is 7.05. The summed E-state index contributed by atoms with van der Waals surface area (Å²) >= 11 is 0. The van der Waals surface area contributed by atoms with Gasteiger partial charge < -0.3 is 15.4 Å². The molecule has 0 heterocycles. The number of hydrogen-bond donors (Lipinski definition) is 2. The molecule has 0 saturated carbocycles. The third kappa shape index (κ3) is 1.77. The molecule has 0 aromatic heterocycles. The Labute approximate surface area is 65.5 Å². The summed E-state index contributed by atoms with van der Waals surface area (Å²) in [5, 5.41) is 19.7. The second kappa shape index (κ2) is 3.48. The molecule has 3 nitrogen and oxygen atoms in total. The van der Waals surface area contributed by atoms with Crippen molar-refractivity contribution in [2.45, 2.75) is 6.61 Å². The summed E-state index contributed by atoms with van der Waals surface area (Å²) in [5.74, 6) is 0. The van der Waals surface area contributed by atoms with E-state index in [2.05, 4.69) is 0 Å². The lowest BCUT2D eigenvalue weighted by Crippen LogP contribution is -2.98. The fourth-order valence-electron chi connectivity index (χ4n) is 1.00. The summed E-state index contributed by atoms with van der Waals surface area (Å²) in [5.41, 5.74) is 1.30. The van der Waals surface area contributed by atoms with Gasteiger partial charge in [-0.1, -0.05) is 18.2 Å². The SMILES string of the molecule is C[NH+]([O-])c1ccccc1CO. The van der Waals surface area contributed by atoms with Gasteiger partial charge in [0.25, 0.3) is 0 Å². The fraction of sp³-hybridized carbons (Fsp3) is 0.250. The number of aliphatic hydroxyl groups excluding tert-OH is 1. The smallest absolute Gasteiger partial charge is 0.136 e. The molecule has 0 fully saturated rings. The minimum atomic E-state index is -0.0737. The van der Waals surface area contributed by atoms with Crippen LogP contribution in [0.4, 0.5) is 5.69 Å². The Morgan fingerprint density at radius 2 is 2.09 bits per heavy atom. The molecule has 0 spiro atoms. The lowest BCUT2D eigenvalue weighted by Gasteiger charge is -2.17. The van der Waals surface area contributed by atoms with Crippen LogP contribution in [0, 0.1) is 5.21 Å². The molecule has 0 amide bonds. The highest BCUT2D eigenvalue weighted by Gasteiger charge is 2.02. The van der Waals surface area contributed by atoms with Crippen molar-refractivity contribution in [2.24, 2.45) is 0 Å². The Kier molecular flexibility index (Phi) is 2.59. The van der Waals surface area contributed by atoms with E-state index in [9.17, 15) is 5.21 Å². The van der Waals surface area contributed by atoms with Gasteiger partial charge in [-0.3, -0.25) is 0 Å². The zero-order valence-electron chi connectivity index (χ0n) is 6.37. The number of para-hydroxylation sites is 1. The Bertz CT molecular complexity index is 235. The van der Waals surface area contributed by atoms with E-state index in [1.807, 2.05) is 0 Å². The van der Waals surface area contributed by atoms with Crippen molar-refractivity contribution in [3.8, 4) is 0 Å². The normalized spacial score (nSPS) is 13.0. The second-order valence-corrected chi connectivity index (χ2v) is 2.37. The predicted octanol–water partition coefficient (Wildman–Crippen LogP) is -0.177. The first kappa shape index (κ1) is 8.20. The first-order chi connectivity index (χ1) is 5.25. The van der Waals surface area contributed by atoms with Gasteiger partial charge in [-0.25, -0.2) is 0 Å². The van der Waals surface area contributed by atoms with Gasteiger partial charge in [0, 0.05) is 5.56 Å². The maximum atomic E-state index is 10.9. The third-order valence-corrected chi connectivity index (χ3v) is 1.57. The number of rotatable bonds is 2. The molecule has 0 bridgehead atoms. The van der Waals surface area contributed by atoms with Crippen LogP contribution in [0.15, 0.2) is 24.3 Å². The lowest BCUT2D eigenvalue weighted by molar-refractivity contribution is -0.751. The highest BCUT2D eigenvalue weighted by atomic mass is 16.5. The Hall–Kier alpha value is -0.900. The summed E-state index contributed by atoms with van der Waals surface area (Å²) in [4.78, 5) is 0.